The number of thioether (sulfide) groups is 1. The maximum Gasteiger partial charge on any atom is 0.219 e. The quantitative estimate of drug-likeness (QED) is 0.460. The fourth-order valence-corrected chi connectivity index (χ4v) is 3.34. The molecule has 3 rings (SSSR count). The summed E-state index contributed by atoms with van der Waals surface area (Å²) >= 11 is 1.26. The summed E-state index contributed by atoms with van der Waals surface area (Å²) in [5.74, 6) is 1.40. The Labute approximate surface area is 175 Å². The lowest BCUT2D eigenvalue weighted by atomic mass is 10.0. The summed E-state index contributed by atoms with van der Waals surface area (Å²) in [4.78, 5) is 11.9. The van der Waals surface area contributed by atoms with Crippen LogP contribution in [0.1, 0.15) is 15.9 Å². The Morgan fingerprint density at radius 2 is 1.48 bits per heavy atom. The zero-order valence-electron chi connectivity index (χ0n) is 15.9. The summed E-state index contributed by atoms with van der Waals surface area (Å²) in [6, 6.07) is 26.7. The van der Waals surface area contributed by atoms with Crippen molar-refractivity contribution in [2.75, 3.05) is 25.6 Å². The van der Waals surface area contributed by atoms with Crippen LogP contribution in [0.2, 0.25) is 0 Å². The van der Waals surface area contributed by atoms with Crippen LogP contribution in [-0.2, 0) is 4.74 Å². The number of hydrogen-bond acceptors (Lipinski definition) is 5. The summed E-state index contributed by atoms with van der Waals surface area (Å²) in [6.07, 6.45) is 0. The summed E-state index contributed by atoms with van der Waals surface area (Å²) in [5, 5.41) is 8.93. The van der Waals surface area contributed by atoms with Crippen LogP contribution in [0, 0.1) is 11.3 Å². The zero-order chi connectivity index (χ0) is 20.3. The average Bonchev–Trinajstić information content (AvgIpc) is 2.79. The van der Waals surface area contributed by atoms with Gasteiger partial charge in [0.1, 0.15) is 12.4 Å². The highest BCUT2D eigenvalue weighted by Crippen LogP contribution is 2.22. The lowest BCUT2D eigenvalue weighted by molar-refractivity contribution is 0.107. The highest BCUT2D eigenvalue weighted by Gasteiger charge is 2.05. The molecule has 0 aliphatic rings. The molecule has 29 heavy (non-hydrogen) atoms. The van der Waals surface area contributed by atoms with E-state index in [0.717, 1.165) is 16.9 Å². The van der Waals surface area contributed by atoms with E-state index in [-0.39, 0.29) is 5.12 Å². The molecule has 0 radical (unpaired) electrons. The molecule has 0 atom stereocenters. The number of carbonyl (C=O) groups excluding carboxylic acids is 1. The van der Waals surface area contributed by atoms with Gasteiger partial charge in [0.05, 0.1) is 24.8 Å². The maximum absolute atomic E-state index is 11.9. The number of hydrogen-bond donors (Lipinski definition) is 0. The first-order valence-corrected chi connectivity index (χ1v) is 10.3. The van der Waals surface area contributed by atoms with Crippen molar-refractivity contribution in [1.29, 1.82) is 5.26 Å². The van der Waals surface area contributed by atoms with Crippen LogP contribution in [0.3, 0.4) is 0 Å². The normalized spacial score (nSPS) is 10.3. The van der Waals surface area contributed by atoms with Crippen molar-refractivity contribution >= 4 is 16.9 Å². The predicted molar refractivity (Wildman–Crippen MR) is 116 cm³/mol. The molecule has 0 unspecified atom stereocenters. The van der Waals surface area contributed by atoms with Crippen molar-refractivity contribution in [3.8, 4) is 22.9 Å². The first kappa shape index (κ1) is 20.7. The third kappa shape index (κ3) is 6.49. The van der Waals surface area contributed by atoms with E-state index < -0.39 is 0 Å². The van der Waals surface area contributed by atoms with Gasteiger partial charge >= 0.3 is 0 Å². The molecule has 0 heterocycles. The first-order chi connectivity index (χ1) is 14.3. The van der Waals surface area contributed by atoms with Crippen molar-refractivity contribution in [1.82, 2.24) is 0 Å². The van der Waals surface area contributed by atoms with E-state index in [9.17, 15) is 4.79 Å². The monoisotopic (exact) mass is 403 g/mol. The van der Waals surface area contributed by atoms with E-state index in [2.05, 4.69) is 6.07 Å². The highest BCUT2D eigenvalue weighted by atomic mass is 32.2. The van der Waals surface area contributed by atoms with Crippen molar-refractivity contribution < 1.29 is 14.3 Å². The molecular formula is C24H21NO3S. The van der Waals surface area contributed by atoms with Crippen LogP contribution in [0.5, 0.6) is 5.75 Å². The van der Waals surface area contributed by atoms with E-state index in [1.165, 1.54) is 11.8 Å². The molecule has 0 amide bonds. The molecule has 0 fully saturated rings. The summed E-state index contributed by atoms with van der Waals surface area (Å²) < 4.78 is 11.2. The Morgan fingerprint density at radius 1 is 0.828 bits per heavy atom. The minimum absolute atomic E-state index is 0.0628. The summed E-state index contributed by atoms with van der Waals surface area (Å²) in [7, 11) is 0. The smallest absolute Gasteiger partial charge is 0.219 e. The Bertz CT molecular complexity index is 948. The molecular weight excluding hydrogens is 382 g/mol. The molecule has 0 aromatic heterocycles. The zero-order valence-corrected chi connectivity index (χ0v) is 16.7. The van der Waals surface area contributed by atoms with Gasteiger partial charge in [-0.25, -0.2) is 0 Å². The van der Waals surface area contributed by atoms with E-state index in [1.807, 2.05) is 78.9 Å². The van der Waals surface area contributed by atoms with Crippen molar-refractivity contribution in [3.63, 3.8) is 0 Å². The van der Waals surface area contributed by atoms with E-state index in [0.29, 0.717) is 36.7 Å². The fourth-order valence-electron chi connectivity index (χ4n) is 2.65. The average molecular weight is 404 g/mol. The Morgan fingerprint density at radius 3 is 2.14 bits per heavy atom. The standard InChI is InChI=1S/C24H21NO3S/c25-18-19-6-8-20(9-7-19)21-10-12-23(13-11-21)28-15-14-27-16-17-29-24(26)22-4-2-1-3-5-22/h1-13H,14-17H2. The number of benzene rings is 3. The molecule has 0 N–H and O–H groups in total. The van der Waals surface area contributed by atoms with E-state index in [1.54, 1.807) is 0 Å². The van der Waals surface area contributed by atoms with Crippen LogP contribution in [0.15, 0.2) is 78.9 Å². The summed E-state index contributed by atoms with van der Waals surface area (Å²) in [6.45, 7) is 1.43. The van der Waals surface area contributed by atoms with Crippen LogP contribution in [-0.4, -0.2) is 30.7 Å². The third-order valence-corrected chi connectivity index (χ3v) is 5.04. The molecule has 0 spiro atoms. The Hall–Kier alpha value is -3.07. The van der Waals surface area contributed by atoms with Crippen LogP contribution in [0.25, 0.3) is 11.1 Å². The summed E-state index contributed by atoms with van der Waals surface area (Å²) in [5.41, 5.74) is 3.49. The Balaban J connectivity index is 1.32. The van der Waals surface area contributed by atoms with Gasteiger partial charge < -0.3 is 9.47 Å². The second-order valence-electron chi connectivity index (χ2n) is 6.18. The molecule has 0 bridgehead atoms. The maximum atomic E-state index is 11.9. The lowest BCUT2D eigenvalue weighted by Gasteiger charge is -2.08. The molecule has 3 aromatic carbocycles. The van der Waals surface area contributed by atoms with Gasteiger partial charge in [-0.3, -0.25) is 4.79 Å². The molecule has 0 saturated carbocycles. The number of carbonyl (C=O) groups is 1. The first-order valence-electron chi connectivity index (χ1n) is 9.29. The minimum atomic E-state index is 0.0628. The van der Waals surface area contributed by atoms with Gasteiger partial charge in [-0.15, -0.1) is 0 Å². The van der Waals surface area contributed by atoms with Gasteiger partial charge in [0.25, 0.3) is 0 Å². The molecule has 5 heteroatoms. The van der Waals surface area contributed by atoms with Gasteiger partial charge in [-0.2, -0.15) is 5.26 Å². The second-order valence-corrected chi connectivity index (χ2v) is 7.24. The number of ether oxygens (including phenoxy) is 2. The van der Waals surface area contributed by atoms with E-state index >= 15 is 0 Å². The van der Waals surface area contributed by atoms with Gasteiger partial charge in [-0.05, 0) is 35.4 Å². The topological polar surface area (TPSA) is 59.3 Å². The SMILES string of the molecule is N#Cc1ccc(-c2ccc(OCCOCCSC(=O)c3ccccc3)cc2)cc1. The van der Waals surface area contributed by atoms with Crippen LogP contribution >= 0.6 is 11.8 Å². The second kappa shape index (κ2) is 11.1. The van der Waals surface area contributed by atoms with Crippen LogP contribution in [0.4, 0.5) is 0 Å². The van der Waals surface area contributed by atoms with Crippen molar-refractivity contribution in [3.05, 3.63) is 90.0 Å². The number of rotatable bonds is 9. The van der Waals surface area contributed by atoms with Gasteiger partial charge in [-0.1, -0.05) is 66.4 Å². The predicted octanol–water partition coefficient (Wildman–Crippen LogP) is 5.19. The lowest BCUT2D eigenvalue weighted by Crippen LogP contribution is -2.09. The largest absolute Gasteiger partial charge is 0.491 e. The number of nitrogens with zero attached hydrogens (tertiary/aromatic N) is 1. The molecule has 4 nitrogen and oxygen atoms in total. The molecule has 0 aliphatic heterocycles. The number of nitriles is 1. The van der Waals surface area contributed by atoms with Gasteiger partial charge in [0.2, 0.25) is 5.12 Å². The van der Waals surface area contributed by atoms with Gasteiger partial charge in [0.15, 0.2) is 0 Å². The van der Waals surface area contributed by atoms with Crippen molar-refractivity contribution in [2.24, 2.45) is 0 Å². The molecule has 146 valence electrons. The molecule has 3 aromatic rings. The highest BCUT2D eigenvalue weighted by molar-refractivity contribution is 8.14. The van der Waals surface area contributed by atoms with Crippen LogP contribution < -0.4 is 4.74 Å². The third-order valence-electron chi connectivity index (χ3n) is 4.17. The Kier molecular flexibility index (Phi) is 7.88. The minimum Gasteiger partial charge on any atom is -0.491 e. The van der Waals surface area contributed by atoms with Crippen molar-refractivity contribution in [2.45, 2.75) is 0 Å². The fraction of sp³-hybridized carbons (Fsp3) is 0.167. The molecule has 0 aliphatic carbocycles. The molecule has 0 saturated heterocycles. The van der Waals surface area contributed by atoms with Gasteiger partial charge in [0, 0.05) is 11.3 Å². The van der Waals surface area contributed by atoms with E-state index in [4.69, 9.17) is 14.7 Å².